The molecule has 1 saturated carbocycles. The molecule has 1 aromatic carbocycles. The summed E-state index contributed by atoms with van der Waals surface area (Å²) in [5.41, 5.74) is 1.42. The highest BCUT2D eigenvalue weighted by Crippen LogP contribution is 2.39. The summed E-state index contributed by atoms with van der Waals surface area (Å²) >= 11 is 0. The van der Waals surface area contributed by atoms with Gasteiger partial charge in [0.1, 0.15) is 0 Å². The number of hydrogen-bond donors (Lipinski definition) is 0. The number of aromatic nitrogens is 2. The maximum absolute atomic E-state index is 5.80. The van der Waals surface area contributed by atoms with E-state index in [1.807, 2.05) is 0 Å². The van der Waals surface area contributed by atoms with Gasteiger partial charge in [0, 0.05) is 12.0 Å². The Morgan fingerprint density at radius 1 is 1.10 bits per heavy atom. The first-order chi connectivity index (χ1) is 10.4. The number of likely N-dealkylation sites (tertiary alicyclic amines) is 1. The zero-order chi connectivity index (χ0) is 14.1. The largest absolute Gasteiger partial charge is 0.424 e. The summed E-state index contributed by atoms with van der Waals surface area (Å²) in [4.78, 5) is 2.50. The van der Waals surface area contributed by atoms with Crippen molar-refractivity contribution < 1.29 is 4.42 Å². The Kier molecular flexibility index (Phi) is 3.47. The molecule has 0 spiro atoms. The average molecular weight is 283 g/mol. The van der Waals surface area contributed by atoms with Crippen LogP contribution < -0.4 is 0 Å². The number of hydrogen-bond acceptors (Lipinski definition) is 4. The van der Waals surface area contributed by atoms with E-state index in [0.717, 1.165) is 31.3 Å². The lowest BCUT2D eigenvalue weighted by atomic mass is 10.0. The molecule has 1 aromatic heterocycles. The lowest BCUT2D eigenvalue weighted by Gasteiger charge is -2.22. The molecule has 110 valence electrons. The fraction of sp³-hybridized carbons (Fsp3) is 0.529. The molecule has 1 aliphatic carbocycles. The van der Waals surface area contributed by atoms with E-state index >= 15 is 0 Å². The molecule has 2 aromatic rings. The number of rotatable bonds is 5. The van der Waals surface area contributed by atoms with Gasteiger partial charge < -0.3 is 4.42 Å². The maximum Gasteiger partial charge on any atom is 0.230 e. The van der Waals surface area contributed by atoms with Crippen LogP contribution in [0.15, 0.2) is 34.7 Å². The predicted molar refractivity (Wildman–Crippen MR) is 79.9 cm³/mol. The van der Waals surface area contributed by atoms with Crippen molar-refractivity contribution in [3.8, 4) is 0 Å². The van der Waals surface area contributed by atoms with Gasteiger partial charge in [-0.25, -0.2) is 0 Å². The Morgan fingerprint density at radius 3 is 2.76 bits per heavy atom. The third-order valence-electron chi connectivity index (χ3n) is 4.56. The second-order valence-corrected chi connectivity index (χ2v) is 6.26. The van der Waals surface area contributed by atoms with Gasteiger partial charge in [-0.3, -0.25) is 4.90 Å². The van der Waals surface area contributed by atoms with Crippen molar-refractivity contribution >= 4 is 0 Å². The van der Waals surface area contributed by atoms with E-state index in [4.69, 9.17) is 4.42 Å². The molecule has 0 N–H and O–H groups in total. The monoisotopic (exact) mass is 283 g/mol. The van der Waals surface area contributed by atoms with Gasteiger partial charge in [-0.1, -0.05) is 30.3 Å². The smallest absolute Gasteiger partial charge is 0.230 e. The Morgan fingerprint density at radius 2 is 1.95 bits per heavy atom. The molecule has 1 atom stereocenters. The summed E-state index contributed by atoms with van der Waals surface area (Å²) in [7, 11) is 0. The number of nitrogens with zero attached hydrogens (tertiary/aromatic N) is 3. The number of benzene rings is 1. The molecule has 2 aliphatic rings. The van der Waals surface area contributed by atoms with Gasteiger partial charge in [0.2, 0.25) is 11.8 Å². The third kappa shape index (κ3) is 3.00. The molecule has 0 unspecified atom stereocenters. The van der Waals surface area contributed by atoms with Crippen molar-refractivity contribution in [1.29, 1.82) is 0 Å². The van der Waals surface area contributed by atoms with E-state index < -0.39 is 0 Å². The molecule has 2 fully saturated rings. The average Bonchev–Trinajstić information content (AvgIpc) is 3.12. The Bertz CT molecular complexity index is 591. The lowest BCUT2D eigenvalue weighted by Crippen LogP contribution is -2.30. The van der Waals surface area contributed by atoms with Gasteiger partial charge in [-0.05, 0) is 44.2 Å². The topological polar surface area (TPSA) is 42.2 Å². The van der Waals surface area contributed by atoms with Crippen LogP contribution in [0.25, 0.3) is 0 Å². The third-order valence-corrected chi connectivity index (χ3v) is 4.56. The van der Waals surface area contributed by atoms with Crippen molar-refractivity contribution in [3.05, 3.63) is 47.7 Å². The molecule has 0 amide bonds. The van der Waals surface area contributed by atoms with Gasteiger partial charge in [0.25, 0.3) is 0 Å². The molecule has 4 heteroatoms. The van der Waals surface area contributed by atoms with Gasteiger partial charge in [0.05, 0.1) is 6.54 Å². The van der Waals surface area contributed by atoms with E-state index in [2.05, 4.69) is 45.4 Å². The Balaban J connectivity index is 1.41. The second kappa shape index (κ2) is 5.60. The minimum atomic E-state index is 0.546. The Hall–Kier alpha value is -1.68. The lowest BCUT2D eigenvalue weighted by molar-refractivity contribution is 0.218. The predicted octanol–water partition coefficient (Wildman–Crippen LogP) is 3.15. The van der Waals surface area contributed by atoms with Crippen molar-refractivity contribution in [2.24, 2.45) is 0 Å². The minimum Gasteiger partial charge on any atom is -0.424 e. The summed E-state index contributed by atoms with van der Waals surface area (Å²) in [5, 5.41) is 8.41. The molecular weight excluding hydrogens is 262 g/mol. The molecule has 1 aliphatic heterocycles. The molecule has 21 heavy (non-hydrogen) atoms. The molecule has 0 bridgehead atoms. The Labute approximate surface area is 125 Å². The fourth-order valence-electron chi connectivity index (χ4n) is 3.22. The first kappa shape index (κ1) is 13.0. The molecule has 1 saturated heterocycles. The first-order valence-electron chi connectivity index (χ1n) is 7.99. The highest BCUT2D eigenvalue weighted by molar-refractivity contribution is 5.16. The van der Waals surface area contributed by atoms with Gasteiger partial charge in [-0.15, -0.1) is 10.2 Å². The van der Waals surface area contributed by atoms with Gasteiger partial charge in [0.15, 0.2) is 0 Å². The van der Waals surface area contributed by atoms with E-state index in [-0.39, 0.29) is 0 Å². The van der Waals surface area contributed by atoms with E-state index in [9.17, 15) is 0 Å². The van der Waals surface area contributed by atoms with Crippen LogP contribution >= 0.6 is 0 Å². The first-order valence-corrected chi connectivity index (χ1v) is 7.99. The zero-order valence-corrected chi connectivity index (χ0v) is 12.2. The molecular formula is C17H21N3O. The highest BCUT2D eigenvalue weighted by Gasteiger charge is 2.31. The van der Waals surface area contributed by atoms with Crippen LogP contribution in [-0.4, -0.2) is 27.7 Å². The van der Waals surface area contributed by atoms with E-state index in [0.29, 0.717) is 12.0 Å². The quantitative estimate of drug-likeness (QED) is 0.845. The van der Waals surface area contributed by atoms with Crippen LogP contribution in [0.4, 0.5) is 0 Å². The van der Waals surface area contributed by atoms with Crippen LogP contribution in [0.2, 0.25) is 0 Å². The summed E-state index contributed by atoms with van der Waals surface area (Å²) in [6.07, 6.45) is 6.06. The van der Waals surface area contributed by atoms with Gasteiger partial charge in [-0.2, -0.15) is 0 Å². The molecule has 0 radical (unpaired) electrons. The standard InChI is InChI=1S/C17H21N3O/c1-2-5-13(6-3-1)11-15-7-4-10-20(15)12-16-18-19-17(21-16)14-8-9-14/h1-3,5-6,14-15H,4,7-12H2/t15-/m0/s1. The minimum absolute atomic E-state index is 0.546. The van der Waals surface area contributed by atoms with Crippen molar-refractivity contribution in [3.63, 3.8) is 0 Å². The molecule has 4 rings (SSSR count). The fourth-order valence-corrected chi connectivity index (χ4v) is 3.22. The second-order valence-electron chi connectivity index (χ2n) is 6.26. The highest BCUT2D eigenvalue weighted by atomic mass is 16.4. The van der Waals surface area contributed by atoms with Gasteiger partial charge >= 0.3 is 0 Å². The molecule has 2 heterocycles. The summed E-state index contributed by atoms with van der Waals surface area (Å²) < 4.78 is 5.80. The van der Waals surface area contributed by atoms with Crippen LogP contribution in [0, 0.1) is 0 Å². The normalized spacial score (nSPS) is 22.8. The van der Waals surface area contributed by atoms with Crippen LogP contribution in [-0.2, 0) is 13.0 Å². The van der Waals surface area contributed by atoms with Crippen molar-refractivity contribution in [1.82, 2.24) is 15.1 Å². The van der Waals surface area contributed by atoms with Crippen LogP contribution in [0.1, 0.15) is 48.9 Å². The summed E-state index contributed by atoms with van der Waals surface area (Å²) in [6, 6.07) is 11.4. The maximum atomic E-state index is 5.80. The summed E-state index contributed by atoms with van der Waals surface area (Å²) in [5.74, 6) is 2.19. The van der Waals surface area contributed by atoms with Crippen molar-refractivity contribution in [2.45, 2.75) is 50.6 Å². The van der Waals surface area contributed by atoms with Crippen molar-refractivity contribution in [2.75, 3.05) is 6.54 Å². The van der Waals surface area contributed by atoms with E-state index in [1.165, 1.54) is 31.2 Å². The van der Waals surface area contributed by atoms with Crippen LogP contribution in [0.3, 0.4) is 0 Å². The van der Waals surface area contributed by atoms with E-state index in [1.54, 1.807) is 0 Å². The zero-order valence-electron chi connectivity index (χ0n) is 12.2. The molecule has 4 nitrogen and oxygen atoms in total. The van der Waals surface area contributed by atoms with Crippen LogP contribution in [0.5, 0.6) is 0 Å². The summed E-state index contributed by atoms with van der Waals surface area (Å²) in [6.45, 7) is 1.94. The SMILES string of the molecule is c1ccc(C[C@@H]2CCCN2Cc2nnc(C3CC3)o2)cc1.